The fourth-order valence-electron chi connectivity index (χ4n) is 1.18. The first kappa shape index (κ1) is 11.8. The van der Waals surface area contributed by atoms with Crippen LogP contribution in [0, 0.1) is 0 Å². The van der Waals surface area contributed by atoms with E-state index in [-0.39, 0.29) is 11.0 Å². The van der Waals surface area contributed by atoms with Crippen molar-refractivity contribution in [1.82, 2.24) is 20.2 Å². The van der Waals surface area contributed by atoms with Gasteiger partial charge in [-0.2, -0.15) is 4.80 Å². The summed E-state index contributed by atoms with van der Waals surface area (Å²) >= 11 is 11.6. The highest BCUT2D eigenvalue weighted by molar-refractivity contribution is 6.37. The van der Waals surface area contributed by atoms with E-state index in [1.54, 1.807) is 13.1 Å². The molecule has 17 heavy (non-hydrogen) atoms. The summed E-state index contributed by atoms with van der Waals surface area (Å²) in [5.74, 6) is -0.303. The van der Waals surface area contributed by atoms with Gasteiger partial charge in [0, 0.05) is 5.02 Å². The van der Waals surface area contributed by atoms with Crippen LogP contribution >= 0.6 is 23.2 Å². The molecule has 6 nitrogen and oxygen atoms in total. The fraction of sp³-hybridized carbons (Fsp3) is 0.111. The van der Waals surface area contributed by atoms with Gasteiger partial charge in [0.15, 0.2) is 0 Å². The van der Waals surface area contributed by atoms with Gasteiger partial charge in [0.1, 0.15) is 0 Å². The summed E-state index contributed by atoms with van der Waals surface area (Å²) in [5.41, 5.74) is 0.295. The number of halogens is 2. The molecule has 0 aliphatic carbocycles. The molecule has 1 amide bonds. The molecule has 8 heteroatoms. The van der Waals surface area contributed by atoms with Gasteiger partial charge < -0.3 is 0 Å². The largest absolute Gasteiger partial charge is 0.288 e. The van der Waals surface area contributed by atoms with Gasteiger partial charge in [0.2, 0.25) is 0 Å². The molecule has 2 rings (SSSR count). The standard InChI is InChI=1S/C9H7Cl2N5O/c1-16-14-9(13-15-16)12-8(17)6-3-2-5(10)4-7(6)11/h2-4H,1H3,(H,12,14,17). The molecular formula is C9H7Cl2N5O. The maximum atomic E-state index is 11.8. The van der Waals surface area contributed by atoms with Crippen LogP contribution in [-0.2, 0) is 7.05 Å². The second kappa shape index (κ2) is 4.68. The molecule has 88 valence electrons. The number of aromatic nitrogens is 4. The minimum absolute atomic E-state index is 0.114. The van der Waals surface area contributed by atoms with E-state index in [1.807, 2.05) is 0 Å². The number of rotatable bonds is 2. The van der Waals surface area contributed by atoms with Crippen molar-refractivity contribution in [3.63, 3.8) is 0 Å². The summed E-state index contributed by atoms with van der Waals surface area (Å²) < 4.78 is 0. The van der Waals surface area contributed by atoms with Gasteiger partial charge in [-0.3, -0.25) is 10.1 Å². The Labute approximate surface area is 107 Å². The first-order valence-corrected chi connectivity index (χ1v) is 5.32. The summed E-state index contributed by atoms with van der Waals surface area (Å²) in [5, 5.41) is 14.2. The summed E-state index contributed by atoms with van der Waals surface area (Å²) in [6.07, 6.45) is 0. The predicted octanol–water partition coefficient (Wildman–Crippen LogP) is 1.77. The van der Waals surface area contributed by atoms with Gasteiger partial charge in [-0.05, 0) is 23.4 Å². The predicted molar refractivity (Wildman–Crippen MR) is 63.2 cm³/mol. The molecule has 0 aliphatic heterocycles. The average molecular weight is 272 g/mol. The molecule has 0 atom stereocenters. The third-order valence-corrected chi connectivity index (χ3v) is 2.46. The molecule has 1 aromatic heterocycles. The molecule has 0 spiro atoms. The van der Waals surface area contributed by atoms with Crippen molar-refractivity contribution < 1.29 is 4.79 Å². The van der Waals surface area contributed by atoms with Crippen molar-refractivity contribution in [3.05, 3.63) is 33.8 Å². The van der Waals surface area contributed by atoms with Gasteiger partial charge in [-0.1, -0.05) is 28.3 Å². The van der Waals surface area contributed by atoms with Crippen molar-refractivity contribution in [2.24, 2.45) is 7.05 Å². The first-order valence-electron chi connectivity index (χ1n) is 4.56. The Bertz CT molecular complexity index is 568. The summed E-state index contributed by atoms with van der Waals surface area (Å²) in [7, 11) is 1.60. The number of nitrogens with one attached hydrogen (secondary N) is 1. The maximum absolute atomic E-state index is 11.8. The quantitative estimate of drug-likeness (QED) is 0.904. The van der Waals surface area contributed by atoms with Gasteiger partial charge in [-0.15, -0.1) is 5.10 Å². The van der Waals surface area contributed by atoms with E-state index in [0.717, 1.165) is 0 Å². The van der Waals surface area contributed by atoms with Crippen LogP contribution in [-0.4, -0.2) is 26.1 Å². The number of hydrogen-bond acceptors (Lipinski definition) is 4. The Morgan fingerprint density at radius 1 is 1.41 bits per heavy atom. The smallest absolute Gasteiger partial charge is 0.270 e. The van der Waals surface area contributed by atoms with Gasteiger partial charge in [0.25, 0.3) is 11.9 Å². The molecule has 2 aromatic rings. The number of amides is 1. The van der Waals surface area contributed by atoms with Crippen molar-refractivity contribution in [2.75, 3.05) is 5.32 Å². The molecule has 1 aromatic carbocycles. The second-order valence-corrected chi connectivity index (χ2v) is 4.02. The lowest BCUT2D eigenvalue weighted by atomic mass is 10.2. The molecule has 1 heterocycles. The van der Waals surface area contributed by atoms with E-state index in [1.165, 1.54) is 16.9 Å². The average Bonchev–Trinajstić information content (AvgIpc) is 2.63. The zero-order chi connectivity index (χ0) is 12.4. The second-order valence-electron chi connectivity index (χ2n) is 3.18. The molecule has 0 saturated heterocycles. The highest BCUT2D eigenvalue weighted by Gasteiger charge is 2.12. The first-order chi connectivity index (χ1) is 8.06. The Balaban J connectivity index is 2.20. The van der Waals surface area contributed by atoms with Crippen LogP contribution in [0.3, 0.4) is 0 Å². The molecule has 0 radical (unpaired) electrons. The van der Waals surface area contributed by atoms with Crippen molar-refractivity contribution in [1.29, 1.82) is 0 Å². The molecule has 0 aliphatic rings. The Morgan fingerprint density at radius 3 is 2.76 bits per heavy atom. The number of nitrogens with zero attached hydrogens (tertiary/aromatic N) is 4. The van der Waals surface area contributed by atoms with E-state index < -0.39 is 5.91 Å². The van der Waals surface area contributed by atoms with Crippen molar-refractivity contribution in [2.45, 2.75) is 0 Å². The molecule has 0 fully saturated rings. The lowest BCUT2D eigenvalue weighted by Crippen LogP contribution is -2.13. The van der Waals surface area contributed by atoms with E-state index in [2.05, 4.69) is 20.7 Å². The number of tetrazole rings is 1. The monoisotopic (exact) mass is 271 g/mol. The van der Waals surface area contributed by atoms with Crippen LogP contribution in [0.1, 0.15) is 10.4 Å². The zero-order valence-corrected chi connectivity index (χ0v) is 10.2. The minimum Gasteiger partial charge on any atom is -0.288 e. The maximum Gasteiger partial charge on any atom is 0.270 e. The molecule has 0 bridgehead atoms. The number of carbonyl (C=O) groups is 1. The molecule has 1 N–H and O–H groups in total. The molecule has 0 saturated carbocycles. The van der Waals surface area contributed by atoms with E-state index in [9.17, 15) is 4.79 Å². The topological polar surface area (TPSA) is 72.7 Å². The van der Waals surface area contributed by atoms with E-state index in [4.69, 9.17) is 23.2 Å². The number of anilines is 1. The number of carbonyl (C=O) groups excluding carboxylic acids is 1. The third-order valence-electron chi connectivity index (χ3n) is 1.91. The van der Waals surface area contributed by atoms with Crippen LogP contribution in [0.4, 0.5) is 5.95 Å². The van der Waals surface area contributed by atoms with Gasteiger partial charge >= 0.3 is 0 Å². The number of benzene rings is 1. The van der Waals surface area contributed by atoms with Crippen LogP contribution in [0.2, 0.25) is 10.0 Å². The van der Waals surface area contributed by atoms with Crippen LogP contribution < -0.4 is 5.32 Å². The number of hydrogen-bond donors (Lipinski definition) is 1. The van der Waals surface area contributed by atoms with Crippen molar-refractivity contribution >= 4 is 35.1 Å². The SMILES string of the molecule is Cn1nnc(NC(=O)c2ccc(Cl)cc2Cl)n1. The highest BCUT2D eigenvalue weighted by atomic mass is 35.5. The van der Waals surface area contributed by atoms with E-state index in [0.29, 0.717) is 10.6 Å². The van der Waals surface area contributed by atoms with Crippen LogP contribution in [0.25, 0.3) is 0 Å². The lowest BCUT2D eigenvalue weighted by Gasteiger charge is -2.03. The van der Waals surface area contributed by atoms with Crippen LogP contribution in [0.5, 0.6) is 0 Å². The third kappa shape index (κ3) is 2.72. The Hall–Kier alpha value is -1.66. The van der Waals surface area contributed by atoms with Crippen LogP contribution in [0.15, 0.2) is 18.2 Å². The fourth-order valence-corrected chi connectivity index (χ4v) is 1.67. The summed E-state index contributed by atoms with van der Waals surface area (Å²) in [6.45, 7) is 0. The van der Waals surface area contributed by atoms with Gasteiger partial charge in [-0.25, -0.2) is 0 Å². The minimum atomic E-state index is -0.417. The number of aryl methyl sites for hydroxylation is 1. The Morgan fingerprint density at radius 2 is 2.18 bits per heavy atom. The van der Waals surface area contributed by atoms with Gasteiger partial charge in [0.05, 0.1) is 17.6 Å². The van der Waals surface area contributed by atoms with Crippen molar-refractivity contribution in [3.8, 4) is 0 Å². The van der Waals surface area contributed by atoms with E-state index >= 15 is 0 Å². The highest BCUT2D eigenvalue weighted by Crippen LogP contribution is 2.21. The summed E-state index contributed by atoms with van der Waals surface area (Å²) in [4.78, 5) is 13.0. The summed E-state index contributed by atoms with van der Waals surface area (Å²) in [6, 6.07) is 4.59. The zero-order valence-electron chi connectivity index (χ0n) is 8.69. The molecule has 0 unspecified atom stereocenters. The normalized spacial score (nSPS) is 10.3. The Kier molecular flexibility index (Phi) is 3.26. The lowest BCUT2D eigenvalue weighted by molar-refractivity contribution is 0.102. The molecular weight excluding hydrogens is 265 g/mol.